The minimum absolute atomic E-state index is 0.379. The number of rotatable bonds is 1. The molecule has 0 unspecified atom stereocenters. The molecule has 1 aromatic carbocycles. The molecule has 0 aromatic heterocycles. The Morgan fingerprint density at radius 2 is 1.67 bits per heavy atom. The summed E-state index contributed by atoms with van der Waals surface area (Å²) in [6.45, 7) is 6.25. The molecular weight excluding hydrogens is 150 g/mol. The van der Waals surface area contributed by atoms with E-state index in [-0.39, 0.29) is 5.91 Å². The molecule has 0 aliphatic carbocycles. The Morgan fingerprint density at radius 3 is 1.92 bits per heavy atom. The fourth-order valence-corrected chi connectivity index (χ4v) is 0.602. The number of hydrogen-bond donors (Lipinski definition) is 1. The van der Waals surface area contributed by atoms with Crippen LogP contribution in [0.5, 0.6) is 0 Å². The predicted octanol–water partition coefficient (Wildman–Crippen LogP) is 1.74. The van der Waals surface area contributed by atoms with Gasteiger partial charge in [-0.05, 0) is 12.1 Å². The summed E-state index contributed by atoms with van der Waals surface area (Å²) in [5.41, 5.74) is 7.78. The Morgan fingerprint density at radius 1 is 1.25 bits per heavy atom. The molecule has 62 valence electrons. The van der Waals surface area contributed by atoms with Crippen LogP contribution in [0.4, 0.5) is 0 Å². The van der Waals surface area contributed by atoms with Gasteiger partial charge in [0.05, 0.1) is 0 Å². The second-order valence-electron chi connectivity index (χ2n) is 1.98. The molecule has 0 spiro atoms. The van der Waals surface area contributed by atoms with E-state index in [1.165, 1.54) is 0 Å². The molecule has 0 aliphatic rings. The first-order valence-corrected chi connectivity index (χ1v) is 3.36. The molecule has 2 heteroatoms. The summed E-state index contributed by atoms with van der Waals surface area (Å²) >= 11 is 0. The second-order valence-corrected chi connectivity index (χ2v) is 1.98. The maximum absolute atomic E-state index is 10.4. The summed E-state index contributed by atoms with van der Waals surface area (Å²) in [5.74, 6) is -0.379. The third kappa shape index (κ3) is 4.09. The zero-order chi connectivity index (χ0) is 9.40. The van der Waals surface area contributed by atoms with Crippen LogP contribution in [0.3, 0.4) is 0 Å². The quantitative estimate of drug-likeness (QED) is 0.626. The lowest BCUT2D eigenvalue weighted by Gasteiger charge is -1.89. The van der Waals surface area contributed by atoms with Crippen LogP contribution < -0.4 is 5.73 Å². The highest BCUT2D eigenvalue weighted by Crippen LogP contribution is 1.94. The van der Waals surface area contributed by atoms with Gasteiger partial charge in [0.25, 0.3) is 0 Å². The first kappa shape index (κ1) is 10.2. The highest BCUT2D eigenvalue weighted by Gasteiger charge is 1.93. The topological polar surface area (TPSA) is 43.1 Å². The lowest BCUT2D eigenvalue weighted by molar-refractivity contribution is 0.100. The normalized spacial score (nSPS) is 7.33. The lowest BCUT2D eigenvalue weighted by atomic mass is 10.2. The number of nitrogens with two attached hydrogens (primary N) is 1. The number of primary amides is 1. The predicted molar refractivity (Wildman–Crippen MR) is 49.7 cm³/mol. The highest BCUT2D eigenvalue weighted by atomic mass is 16.1. The average molecular weight is 161 g/mol. The van der Waals surface area contributed by atoms with Crippen molar-refractivity contribution in [3.05, 3.63) is 54.8 Å². The Labute approximate surface area is 72.0 Å². The molecule has 1 aromatic rings. The molecule has 0 atom stereocenters. The largest absolute Gasteiger partial charge is 0.366 e. The molecular formula is C10H11NO. The van der Waals surface area contributed by atoms with E-state index in [4.69, 9.17) is 5.73 Å². The van der Waals surface area contributed by atoms with Gasteiger partial charge in [0.2, 0.25) is 5.91 Å². The molecule has 12 heavy (non-hydrogen) atoms. The van der Waals surface area contributed by atoms with Gasteiger partial charge in [-0.25, -0.2) is 0 Å². The van der Waals surface area contributed by atoms with Crippen LogP contribution in [0, 0.1) is 0 Å². The van der Waals surface area contributed by atoms with Crippen molar-refractivity contribution in [1.82, 2.24) is 0 Å². The van der Waals surface area contributed by atoms with Gasteiger partial charge >= 0.3 is 0 Å². The zero-order valence-corrected chi connectivity index (χ0v) is 6.79. The van der Waals surface area contributed by atoms with Crippen molar-refractivity contribution in [2.24, 2.45) is 5.73 Å². The Hall–Kier alpha value is -1.79. The zero-order valence-electron chi connectivity index (χ0n) is 6.79. The van der Waals surface area contributed by atoms with Gasteiger partial charge in [-0.1, -0.05) is 31.4 Å². The number of amides is 1. The molecule has 1 rings (SSSR count). The van der Waals surface area contributed by atoms with Crippen LogP contribution in [0.15, 0.2) is 49.2 Å². The number of carbonyl (C=O) groups excluding carboxylic acids is 1. The van der Waals surface area contributed by atoms with E-state index in [1.807, 2.05) is 6.07 Å². The van der Waals surface area contributed by atoms with Gasteiger partial charge in [0, 0.05) is 5.56 Å². The Kier molecular flexibility index (Phi) is 5.07. The first-order chi connectivity index (χ1) is 5.72. The molecule has 0 saturated heterocycles. The Balaban J connectivity index is 0.000000354. The maximum atomic E-state index is 10.4. The molecule has 1 amide bonds. The van der Waals surface area contributed by atoms with E-state index in [9.17, 15) is 4.79 Å². The van der Waals surface area contributed by atoms with Crippen molar-refractivity contribution in [2.45, 2.75) is 0 Å². The molecule has 0 saturated carbocycles. The van der Waals surface area contributed by atoms with Gasteiger partial charge in [0.1, 0.15) is 0 Å². The summed E-state index contributed by atoms with van der Waals surface area (Å²) in [6, 6.07) is 8.76. The van der Waals surface area contributed by atoms with Crippen molar-refractivity contribution >= 4 is 5.91 Å². The summed E-state index contributed by atoms with van der Waals surface area (Å²) in [5, 5.41) is 0. The van der Waals surface area contributed by atoms with Gasteiger partial charge in [-0.2, -0.15) is 0 Å². The van der Waals surface area contributed by atoms with Crippen molar-refractivity contribution < 1.29 is 4.79 Å². The minimum atomic E-state index is -0.379. The molecule has 2 nitrogen and oxygen atoms in total. The fraction of sp³-hybridized carbons (Fsp3) is 0. The average Bonchev–Trinajstić information content (AvgIpc) is 2.07. The maximum Gasteiger partial charge on any atom is 0.248 e. The lowest BCUT2D eigenvalue weighted by Crippen LogP contribution is -2.09. The smallest absolute Gasteiger partial charge is 0.248 e. The summed E-state index contributed by atoms with van der Waals surface area (Å²) in [7, 11) is 0. The first-order valence-electron chi connectivity index (χ1n) is 3.36. The fourth-order valence-electron chi connectivity index (χ4n) is 0.602. The van der Waals surface area contributed by atoms with Crippen LogP contribution in [0.1, 0.15) is 10.4 Å². The number of benzene rings is 1. The molecule has 0 bridgehead atoms. The van der Waals surface area contributed by atoms with Crippen LogP contribution in [-0.2, 0) is 0 Å². The second kappa shape index (κ2) is 5.96. The van der Waals surface area contributed by atoms with Crippen molar-refractivity contribution in [2.75, 3.05) is 0 Å². The van der Waals surface area contributed by atoms with Gasteiger partial charge in [-0.3, -0.25) is 4.79 Å². The van der Waals surface area contributed by atoms with Crippen LogP contribution in [0.25, 0.3) is 0 Å². The highest BCUT2D eigenvalue weighted by molar-refractivity contribution is 5.92. The van der Waals surface area contributed by atoms with E-state index < -0.39 is 0 Å². The molecule has 0 aliphatic heterocycles. The van der Waals surface area contributed by atoms with E-state index in [0.717, 1.165) is 0 Å². The standard InChI is InChI=1S/C7H7NO.C3H4/c8-7(9)6-4-2-1-3-5-6;1-3-2/h1-5H,(H2,8,9);1-2H2. The molecule has 0 fully saturated rings. The number of carbonyl (C=O) groups is 1. The van der Waals surface area contributed by atoms with Crippen molar-refractivity contribution in [1.29, 1.82) is 0 Å². The van der Waals surface area contributed by atoms with E-state index in [2.05, 4.69) is 18.9 Å². The number of hydrogen-bond acceptors (Lipinski definition) is 1. The third-order valence-corrected chi connectivity index (χ3v) is 1.06. The van der Waals surface area contributed by atoms with E-state index >= 15 is 0 Å². The van der Waals surface area contributed by atoms with Crippen LogP contribution in [-0.4, -0.2) is 5.91 Å². The Bertz CT molecular complexity index is 271. The van der Waals surface area contributed by atoms with Gasteiger partial charge in [0.15, 0.2) is 0 Å². The van der Waals surface area contributed by atoms with Gasteiger partial charge in [-0.15, -0.1) is 5.73 Å². The van der Waals surface area contributed by atoms with Crippen molar-refractivity contribution in [3.63, 3.8) is 0 Å². The summed E-state index contributed by atoms with van der Waals surface area (Å²) < 4.78 is 0. The minimum Gasteiger partial charge on any atom is -0.366 e. The van der Waals surface area contributed by atoms with E-state index in [1.54, 1.807) is 24.3 Å². The van der Waals surface area contributed by atoms with Crippen LogP contribution in [0.2, 0.25) is 0 Å². The molecule has 0 radical (unpaired) electrons. The van der Waals surface area contributed by atoms with E-state index in [0.29, 0.717) is 5.56 Å². The monoisotopic (exact) mass is 161 g/mol. The molecule has 0 heterocycles. The SMILES string of the molecule is C=C=C.NC(=O)c1ccccc1. The summed E-state index contributed by atoms with van der Waals surface area (Å²) in [6.07, 6.45) is 0. The van der Waals surface area contributed by atoms with Crippen molar-refractivity contribution in [3.8, 4) is 0 Å². The third-order valence-electron chi connectivity index (χ3n) is 1.06. The van der Waals surface area contributed by atoms with Gasteiger partial charge < -0.3 is 5.73 Å². The summed E-state index contributed by atoms with van der Waals surface area (Å²) in [4.78, 5) is 10.4. The molecule has 2 N–H and O–H groups in total. The van der Waals surface area contributed by atoms with Crippen LogP contribution >= 0.6 is 0 Å².